The van der Waals surface area contributed by atoms with Crippen molar-refractivity contribution in [1.29, 1.82) is 0 Å². The third-order valence-electron chi connectivity index (χ3n) is 2.37. The number of rotatable bonds is 2. The van der Waals surface area contributed by atoms with Crippen LogP contribution in [0.1, 0.15) is 6.42 Å². The Balaban J connectivity index is 1.98. The molecule has 1 N–H and O–H groups in total. The van der Waals surface area contributed by atoms with Crippen LogP contribution in [-0.4, -0.2) is 30.5 Å². The molecular weight excluding hydrogens is 260 g/mol. The van der Waals surface area contributed by atoms with Crippen molar-refractivity contribution >= 4 is 15.9 Å². The monoisotopic (exact) mass is 272 g/mol. The molecule has 1 aliphatic heterocycles. The van der Waals surface area contributed by atoms with E-state index < -0.39 is 6.10 Å². The van der Waals surface area contributed by atoms with E-state index in [2.05, 4.69) is 15.9 Å². The van der Waals surface area contributed by atoms with Crippen molar-refractivity contribution in [2.24, 2.45) is 0 Å². The molecule has 4 heteroatoms. The van der Waals surface area contributed by atoms with Crippen LogP contribution in [0.2, 0.25) is 0 Å². The van der Waals surface area contributed by atoms with Gasteiger partial charge in [-0.2, -0.15) is 0 Å². The Morgan fingerprint density at radius 2 is 2.07 bits per heavy atom. The lowest BCUT2D eigenvalue weighted by Gasteiger charge is -2.28. The molecule has 0 unspecified atom stereocenters. The van der Waals surface area contributed by atoms with E-state index in [1.165, 1.54) is 0 Å². The third kappa shape index (κ3) is 2.93. The number of hydrogen-bond acceptors (Lipinski definition) is 3. The molecule has 3 nitrogen and oxygen atoms in total. The quantitative estimate of drug-likeness (QED) is 0.895. The molecule has 0 amide bonds. The van der Waals surface area contributed by atoms with Gasteiger partial charge in [0, 0.05) is 10.9 Å². The van der Waals surface area contributed by atoms with Gasteiger partial charge in [-0.1, -0.05) is 15.9 Å². The van der Waals surface area contributed by atoms with E-state index in [-0.39, 0.29) is 6.10 Å². The molecule has 82 valence electrons. The molecule has 1 fully saturated rings. The maximum absolute atomic E-state index is 9.63. The van der Waals surface area contributed by atoms with Crippen LogP contribution in [0.5, 0.6) is 5.75 Å². The van der Waals surface area contributed by atoms with Gasteiger partial charge in [0.15, 0.2) is 0 Å². The summed E-state index contributed by atoms with van der Waals surface area (Å²) in [7, 11) is 0. The molecule has 1 saturated heterocycles. The first-order valence-electron chi connectivity index (χ1n) is 4.94. The molecule has 0 spiro atoms. The van der Waals surface area contributed by atoms with Crippen LogP contribution in [-0.2, 0) is 4.74 Å². The lowest BCUT2D eigenvalue weighted by Crippen LogP contribution is -2.40. The Bertz CT molecular complexity index is 312. The predicted molar refractivity (Wildman–Crippen MR) is 60.0 cm³/mol. The summed E-state index contributed by atoms with van der Waals surface area (Å²) < 4.78 is 11.8. The van der Waals surface area contributed by atoms with Gasteiger partial charge in [-0.05, 0) is 24.3 Å². The minimum atomic E-state index is -0.526. The van der Waals surface area contributed by atoms with E-state index in [1.54, 1.807) is 0 Å². The Hall–Kier alpha value is -0.580. The highest BCUT2D eigenvalue weighted by Crippen LogP contribution is 2.20. The number of aliphatic hydroxyl groups is 1. The van der Waals surface area contributed by atoms with E-state index in [9.17, 15) is 5.11 Å². The molecule has 2 atom stereocenters. The van der Waals surface area contributed by atoms with Crippen molar-refractivity contribution in [3.8, 4) is 5.75 Å². The Labute approximate surface area is 97.1 Å². The zero-order valence-electron chi connectivity index (χ0n) is 8.23. The second-order valence-corrected chi connectivity index (χ2v) is 4.46. The van der Waals surface area contributed by atoms with Crippen molar-refractivity contribution in [3.63, 3.8) is 0 Å². The highest BCUT2D eigenvalue weighted by atomic mass is 79.9. The first-order chi connectivity index (χ1) is 7.25. The largest absolute Gasteiger partial charge is 0.488 e. The van der Waals surface area contributed by atoms with Gasteiger partial charge >= 0.3 is 0 Å². The summed E-state index contributed by atoms with van der Waals surface area (Å²) in [4.78, 5) is 0. The first-order valence-corrected chi connectivity index (χ1v) is 5.73. The fourth-order valence-electron chi connectivity index (χ4n) is 1.53. The lowest BCUT2D eigenvalue weighted by molar-refractivity contribution is -0.0750. The van der Waals surface area contributed by atoms with Crippen LogP contribution in [0, 0.1) is 0 Å². The fraction of sp³-hybridized carbons (Fsp3) is 0.455. The topological polar surface area (TPSA) is 38.7 Å². The van der Waals surface area contributed by atoms with Gasteiger partial charge in [0.1, 0.15) is 18.0 Å². The van der Waals surface area contributed by atoms with Crippen molar-refractivity contribution < 1.29 is 14.6 Å². The zero-order valence-corrected chi connectivity index (χ0v) is 9.81. The SMILES string of the molecule is O[C@@H]1COCC[C@H]1Oc1ccc(Br)cc1. The minimum Gasteiger partial charge on any atom is -0.488 e. The summed E-state index contributed by atoms with van der Waals surface area (Å²) in [5, 5.41) is 9.63. The van der Waals surface area contributed by atoms with Gasteiger partial charge in [-0.25, -0.2) is 0 Å². The normalized spacial score (nSPS) is 26.3. The molecular formula is C11H13BrO3. The van der Waals surface area contributed by atoms with Crippen LogP contribution >= 0.6 is 15.9 Å². The zero-order chi connectivity index (χ0) is 10.7. The van der Waals surface area contributed by atoms with Crippen LogP contribution < -0.4 is 4.74 Å². The van der Waals surface area contributed by atoms with Gasteiger partial charge < -0.3 is 14.6 Å². The summed E-state index contributed by atoms with van der Waals surface area (Å²) >= 11 is 3.36. The van der Waals surface area contributed by atoms with Gasteiger partial charge in [-0.15, -0.1) is 0 Å². The fourth-order valence-corrected chi connectivity index (χ4v) is 1.79. The summed E-state index contributed by atoms with van der Waals surface area (Å²) in [6.07, 6.45) is 0.0550. The number of halogens is 1. The van der Waals surface area contributed by atoms with Gasteiger partial charge in [0.2, 0.25) is 0 Å². The number of ether oxygens (including phenoxy) is 2. The highest BCUT2D eigenvalue weighted by Gasteiger charge is 2.25. The maximum Gasteiger partial charge on any atom is 0.129 e. The second kappa shape index (κ2) is 4.96. The molecule has 1 aliphatic rings. The van der Waals surface area contributed by atoms with Crippen LogP contribution in [0.15, 0.2) is 28.7 Å². The van der Waals surface area contributed by atoms with Crippen LogP contribution in [0.4, 0.5) is 0 Å². The standard InChI is InChI=1S/C11H13BrO3/c12-8-1-3-9(4-2-8)15-11-5-6-14-7-10(11)13/h1-4,10-11,13H,5-7H2/t10-,11-/m1/s1. The number of hydrogen-bond donors (Lipinski definition) is 1. The van der Waals surface area contributed by atoms with E-state index in [4.69, 9.17) is 9.47 Å². The molecule has 1 aromatic rings. The van der Waals surface area contributed by atoms with Crippen LogP contribution in [0.3, 0.4) is 0 Å². The molecule has 0 radical (unpaired) electrons. The van der Waals surface area contributed by atoms with Crippen molar-refractivity contribution in [3.05, 3.63) is 28.7 Å². The van der Waals surface area contributed by atoms with E-state index in [1.807, 2.05) is 24.3 Å². The lowest BCUT2D eigenvalue weighted by atomic mass is 10.1. The summed E-state index contributed by atoms with van der Waals surface area (Å²) in [5.74, 6) is 0.782. The molecule has 2 rings (SSSR count). The van der Waals surface area contributed by atoms with Crippen LogP contribution in [0.25, 0.3) is 0 Å². The molecule has 0 aromatic heterocycles. The second-order valence-electron chi connectivity index (χ2n) is 3.54. The number of benzene rings is 1. The van der Waals surface area contributed by atoms with Gasteiger partial charge in [-0.3, -0.25) is 0 Å². The third-order valence-corrected chi connectivity index (χ3v) is 2.89. The van der Waals surface area contributed by atoms with E-state index >= 15 is 0 Å². The Morgan fingerprint density at radius 3 is 2.73 bits per heavy atom. The van der Waals surface area contributed by atoms with Gasteiger partial charge in [0.05, 0.1) is 13.2 Å². The molecule has 1 heterocycles. The predicted octanol–water partition coefficient (Wildman–Crippen LogP) is 1.98. The maximum atomic E-state index is 9.63. The smallest absolute Gasteiger partial charge is 0.129 e. The summed E-state index contributed by atoms with van der Waals surface area (Å²) in [5.41, 5.74) is 0. The molecule has 1 aromatic carbocycles. The summed E-state index contributed by atoms with van der Waals surface area (Å²) in [6.45, 7) is 1.01. The number of aliphatic hydroxyl groups excluding tert-OH is 1. The molecule has 0 bridgehead atoms. The Morgan fingerprint density at radius 1 is 1.33 bits per heavy atom. The van der Waals surface area contributed by atoms with Crippen molar-refractivity contribution in [2.75, 3.05) is 13.2 Å². The van der Waals surface area contributed by atoms with Gasteiger partial charge in [0.25, 0.3) is 0 Å². The molecule has 0 aliphatic carbocycles. The van der Waals surface area contributed by atoms with E-state index in [0.717, 1.165) is 16.6 Å². The first kappa shape index (κ1) is 10.9. The molecule has 0 saturated carbocycles. The average molecular weight is 273 g/mol. The van der Waals surface area contributed by atoms with E-state index in [0.29, 0.717) is 13.2 Å². The average Bonchev–Trinajstić information content (AvgIpc) is 2.25. The minimum absolute atomic E-state index is 0.153. The Kier molecular flexibility index (Phi) is 3.61. The van der Waals surface area contributed by atoms with Crippen molar-refractivity contribution in [1.82, 2.24) is 0 Å². The summed E-state index contributed by atoms with van der Waals surface area (Å²) in [6, 6.07) is 7.60. The molecule has 15 heavy (non-hydrogen) atoms. The van der Waals surface area contributed by atoms with Crippen molar-refractivity contribution in [2.45, 2.75) is 18.6 Å². The highest BCUT2D eigenvalue weighted by molar-refractivity contribution is 9.10.